The van der Waals surface area contributed by atoms with E-state index in [2.05, 4.69) is 6.58 Å². The molecular formula is C14H24N2O3. The van der Waals surface area contributed by atoms with E-state index in [-0.39, 0.29) is 11.9 Å². The highest BCUT2D eigenvalue weighted by Gasteiger charge is 2.16. The standard InChI is InChI=1S/C8H15NO2.C6H9NO/c1-6(8(10)11)5-7(2)9(3)4;1-2-7-5-3-4-6(7)8/h5,7H,1-4H3,(H,10,11);2H,1,3-5H2. The minimum absolute atomic E-state index is 0.172. The number of carbonyl (C=O) groups is 2. The molecule has 0 aromatic carbocycles. The average molecular weight is 268 g/mol. The van der Waals surface area contributed by atoms with Crippen molar-refractivity contribution < 1.29 is 14.7 Å². The SMILES string of the molecule is C=CN1CCCC1=O.CC(=CC(C)N(C)C)C(=O)O. The maximum atomic E-state index is 10.7. The summed E-state index contributed by atoms with van der Waals surface area (Å²) in [5.74, 6) is -0.640. The molecule has 1 rings (SSSR count). The minimum Gasteiger partial charge on any atom is -0.478 e. The summed E-state index contributed by atoms with van der Waals surface area (Å²) in [6, 6.07) is 0.172. The normalized spacial score (nSPS) is 17.0. The van der Waals surface area contributed by atoms with Crippen LogP contribution < -0.4 is 0 Å². The van der Waals surface area contributed by atoms with Gasteiger partial charge in [-0.2, -0.15) is 0 Å². The van der Waals surface area contributed by atoms with E-state index in [4.69, 9.17) is 5.11 Å². The van der Waals surface area contributed by atoms with Gasteiger partial charge in [-0.1, -0.05) is 12.7 Å². The van der Waals surface area contributed by atoms with Crippen LogP contribution >= 0.6 is 0 Å². The molecule has 0 radical (unpaired) electrons. The molecule has 1 amide bonds. The van der Waals surface area contributed by atoms with E-state index in [1.807, 2.05) is 25.9 Å². The Bertz CT molecular complexity index is 362. The molecule has 5 heteroatoms. The van der Waals surface area contributed by atoms with Crippen molar-refractivity contribution >= 4 is 11.9 Å². The third kappa shape index (κ3) is 6.76. The van der Waals surface area contributed by atoms with Crippen LogP contribution in [0.1, 0.15) is 26.7 Å². The summed E-state index contributed by atoms with van der Waals surface area (Å²) in [5, 5.41) is 8.53. The summed E-state index contributed by atoms with van der Waals surface area (Å²) in [7, 11) is 3.83. The van der Waals surface area contributed by atoms with E-state index in [1.54, 1.807) is 24.1 Å². The summed E-state index contributed by atoms with van der Waals surface area (Å²) < 4.78 is 0. The van der Waals surface area contributed by atoms with Gasteiger partial charge in [-0.15, -0.1) is 0 Å². The van der Waals surface area contributed by atoms with Gasteiger partial charge in [0.2, 0.25) is 5.91 Å². The van der Waals surface area contributed by atoms with E-state index in [0.717, 1.165) is 13.0 Å². The van der Waals surface area contributed by atoms with Crippen LogP contribution in [0.25, 0.3) is 0 Å². The lowest BCUT2D eigenvalue weighted by molar-refractivity contribution is -0.132. The van der Waals surface area contributed by atoms with Gasteiger partial charge in [0.05, 0.1) is 0 Å². The zero-order valence-corrected chi connectivity index (χ0v) is 12.2. The third-order valence-corrected chi connectivity index (χ3v) is 2.97. The predicted molar refractivity (Wildman–Crippen MR) is 75.7 cm³/mol. The number of hydrogen-bond acceptors (Lipinski definition) is 3. The molecule has 108 valence electrons. The second-order valence-electron chi connectivity index (χ2n) is 4.73. The van der Waals surface area contributed by atoms with E-state index < -0.39 is 5.97 Å². The van der Waals surface area contributed by atoms with E-state index in [1.165, 1.54) is 0 Å². The molecule has 1 unspecified atom stereocenters. The zero-order chi connectivity index (χ0) is 15.0. The summed E-state index contributed by atoms with van der Waals surface area (Å²) in [4.78, 5) is 24.6. The first-order valence-corrected chi connectivity index (χ1v) is 6.29. The first-order chi connectivity index (χ1) is 8.79. The van der Waals surface area contributed by atoms with Crippen LogP contribution in [0.4, 0.5) is 0 Å². The molecule has 1 N–H and O–H groups in total. The Morgan fingerprint density at radius 1 is 1.53 bits per heavy atom. The third-order valence-electron chi connectivity index (χ3n) is 2.97. The van der Waals surface area contributed by atoms with E-state index in [0.29, 0.717) is 12.0 Å². The van der Waals surface area contributed by atoms with Crippen molar-refractivity contribution in [1.82, 2.24) is 9.80 Å². The van der Waals surface area contributed by atoms with Crippen LogP contribution in [0.5, 0.6) is 0 Å². The fourth-order valence-corrected chi connectivity index (χ4v) is 1.44. The van der Waals surface area contributed by atoms with E-state index >= 15 is 0 Å². The highest BCUT2D eigenvalue weighted by Crippen LogP contribution is 2.08. The van der Waals surface area contributed by atoms with Crippen molar-refractivity contribution in [3.05, 3.63) is 24.4 Å². The zero-order valence-electron chi connectivity index (χ0n) is 12.2. The van der Waals surface area contributed by atoms with Gasteiger partial charge in [0, 0.05) is 24.6 Å². The molecule has 0 aromatic rings. The van der Waals surface area contributed by atoms with Gasteiger partial charge in [-0.3, -0.25) is 4.79 Å². The molecule has 5 nitrogen and oxygen atoms in total. The van der Waals surface area contributed by atoms with Gasteiger partial charge in [0.1, 0.15) is 0 Å². The first-order valence-electron chi connectivity index (χ1n) is 6.29. The van der Waals surface area contributed by atoms with Crippen LogP contribution in [-0.4, -0.2) is 53.5 Å². The molecule has 0 spiro atoms. The van der Waals surface area contributed by atoms with Crippen molar-refractivity contribution in [3.8, 4) is 0 Å². The van der Waals surface area contributed by atoms with Gasteiger partial charge in [-0.05, 0) is 40.6 Å². The highest BCUT2D eigenvalue weighted by molar-refractivity contribution is 5.85. The highest BCUT2D eigenvalue weighted by atomic mass is 16.4. The Hall–Kier alpha value is -1.62. The molecular weight excluding hydrogens is 244 g/mol. The fraction of sp³-hybridized carbons (Fsp3) is 0.571. The summed E-state index contributed by atoms with van der Waals surface area (Å²) in [5.41, 5.74) is 0.395. The van der Waals surface area contributed by atoms with Crippen LogP contribution in [0.2, 0.25) is 0 Å². The predicted octanol–water partition coefficient (Wildman–Crippen LogP) is 1.72. The number of carbonyl (C=O) groups excluding carboxylic acids is 1. The van der Waals surface area contributed by atoms with Crippen molar-refractivity contribution in [2.24, 2.45) is 0 Å². The molecule has 0 aliphatic carbocycles. The van der Waals surface area contributed by atoms with Crippen LogP contribution in [0.3, 0.4) is 0 Å². The van der Waals surface area contributed by atoms with Crippen molar-refractivity contribution in [3.63, 3.8) is 0 Å². The lowest BCUT2D eigenvalue weighted by Gasteiger charge is -2.15. The number of rotatable bonds is 4. The maximum Gasteiger partial charge on any atom is 0.331 e. The number of carboxylic acid groups (broad SMARTS) is 1. The number of aliphatic carboxylic acids is 1. The largest absolute Gasteiger partial charge is 0.478 e. The second-order valence-corrected chi connectivity index (χ2v) is 4.73. The van der Waals surface area contributed by atoms with E-state index in [9.17, 15) is 9.59 Å². The molecule has 0 bridgehead atoms. The average Bonchev–Trinajstić information content (AvgIpc) is 2.75. The van der Waals surface area contributed by atoms with Gasteiger partial charge in [-0.25, -0.2) is 4.79 Å². The minimum atomic E-state index is -0.848. The number of amides is 1. The maximum absolute atomic E-state index is 10.7. The van der Waals surface area contributed by atoms with Gasteiger partial charge in [0.15, 0.2) is 0 Å². The number of carboxylic acids is 1. The number of likely N-dealkylation sites (tertiary alicyclic amines) is 1. The fourth-order valence-electron chi connectivity index (χ4n) is 1.44. The lowest BCUT2D eigenvalue weighted by Crippen LogP contribution is -2.23. The molecule has 0 aromatic heterocycles. The number of likely N-dealkylation sites (N-methyl/N-ethyl adjacent to an activating group) is 1. The lowest BCUT2D eigenvalue weighted by atomic mass is 10.2. The molecule has 1 aliphatic rings. The quantitative estimate of drug-likeness (QED) is 0.789. The molecule has 1 fully saturated rings. The van der Waals surface area contributed by atoms with Gasteiger partial charge in [0.25, 0.3) is 0 Å². The van der Waals surface area contributed by atoms with Crippen molar-refractivity contribution in [1.29, 1.82) is 0 Å². The molecule has 1 heterocycles. The molecule has 19 heavy (non-hydrogen) atoms. The smallest absolute Gasteiger partial charge is 0.331 e. The Balaban J connectivity index is 0.000000356. The molecule has 0 saturated carbocycles. The van der Waals surface area contributed by atoms with Crippen LogP contribution in [0, 0.1) is 0 Å². The van der Waals surface area contributed by atoms with Gasteiger partial charge >= 0.3 is 5.97 Å². The topological polar surface area (TPSA) is 60.9 Å². The Labute approximate surface area is 115 Å². The van der Waals surface area contributed by atoms with Gasteiger partial charge < -0.3 is 14.9 Å². The number of nitrogens with zero attached hydrogens (tertiary/aromatic N) is 2. The van der Waals surface area contributed by atoms with Crippen molar-refractivity contribution in [2.75, 3.05) is 20.6 Å². The van der Waals surface area contributed by atoms with Crippen LogP contribution in [-0.2, 0) is 9.59 Å². The monoisotopic (exact) mass is 268 g/mol. The first kappa shape index (κ1) is 17.4. The summed E-state index contributed by atoms with van der Waals surface area (Å²) >= 11 is 0. The number of hydrogen-bond donors (Lipinski definition) is 1. The molecule has 1 saturated heterocycles. The molecule has 1 aliphatic heterocycles. The summed E-state index contributed by atoms with van der Waals surface area (Å²) in [6.07, 6.45) is 5.01. The Kier molecular flexibility index (Phi) is 7.75. The van der Waals surface area contributed by atoms with Crippen LogP contribution in [0.15, 0.2) is 24.4 Å². The summed E-state index contributed by atoms with van der Waals surface area (Å²) in [6.45, 7) is 7.91. The Morgan fingerprint density at radius 3 is 2.37 bits per heavy atom. The Morgan fingerprint density at radius 2 is 2.11 bits per heavy atom. The second kappa shape index (κ2) is 8.48. The molecule has 1 atom stereocenters. The van der Waals surface area contributed by atoms with Crippen molar-refractivity contribution in [2.45, 2.75) is 32.7 Å².